The molecule has 0 spiro atoms. The van der Waals surface area contributed by atoms with Crippen LogP contribution in [0.15, 0.2) is 16.3 Å². The lowest BCUT2D eigenvalue weighted by atomic mass is 10.2. The van der Waals surface area contributed by atoms with Crippen LogP contribution in [0.1, 0.15) is 24.6 Å². The number of hydrogen-bond acceptors (Lipinski definition) is 5. The van der Waals surface area contributed by atoms with Crippen molar-refractivity contribution in [3.8, 4) is 0 Å². The maximum absolute atomic E-state index is 12.3. The summed E-state index contributed by atoms with van der Waals surface area (Å²) in [5.41, 5.74) is 5.49. The number of thiophene rings is 1. The quantitative estimate of drug-likeness (QED) is 0.787. The molecule has 114 valence electrons. The van der Waals surface area contributed by atoms with Crippen LogP contribution in [0.25, 0.3) is 0 Å². The van der Waals surface area contributed by atoms with E-state index in [0.717, 1.165) is 37.2 Å². The third-order valence-electron chi connectivity index (χ3n) is 3.71. The highest BCUT2D eigenvalue weighted by atomic mass is 32.2. The van der Waals surface area contributed by atoms with E-state index in [1.807, 2.05) is 6.07 Å². The molecule has 1 aromatic heterocycles. The van der Waals surface area contributed by atoms with E-state index in [0.29, 0.717) is 23.3 Å². The summed E-state index contributed by atoms with van der Waals surface area (Å²) in [7, 11) is -3.38. The maximum Gasteiger partial charge on any atom is 0.250 e. The van der Waals surface area contributed by atoms with Gasteiger partial charge in [-0.3, -0.25) is 4.90 Å². The minimum Gasteiger partial charge on any atom is -0.330 e. The summed E-state index contributed by atoms with van der Waals surface area (Å²) in [5.74, 6) is 0. The van der Waals surface area contributed by atoms with Gasteiger partial charge in [0, 0.05) is 17.5 Å². The van der Waals surface area contributed by atoms with Gasteiger partial charge in [-0.1, -0.05) is 6.92 Å². The largest absolute Gasteiger partial charge is 0.330 e. The van der Waals surface area contributed by atoms with Gasteiger partial charge in [-0.15, -0.1) is 11.3 Å². The van der Waals surface area contributed by atoms with Crippen LogP contribution in [0, 0.1) is 0 Å². The highest BCUT2D eigenvalue weighted by Gasteiger charge is 2.25. The SMILES string of the molecule is CCN1CCCC1CNS(=O)(=O)c1ccc(CCN)s1. The molecule has 0 aliphatic carbocycles. The second-order valence-corrected chi connectivity index (χ2v) is 8.20. The van der Waals surface area contributed by atoms with Crippen molar-refractivity contribution in [2.75, 3.05) is 26.2 Å². The van der Waals surface area contributed by atoms with Crippen molar-refractivity contribution in [2.45, 2.75) is 36.4 Å². The molecule has 1 unspecified atom stereocenters. The molecule has 5 nitrogen and oxygen atoms in total. The first-order valence-electron chi connectivity index (χ1n) is 7.09. The van der Waals surface area contributed by atoms with Crippen molar-refractivity contribution in [3.05, 3.63) is 17.0 Å². The van der Waals surface area contributed by atoms with Crippen molar-refractivity contribution in [1.82, 2.24) is 9.62 Å². The Hall–Kier alpha value is -0.470. The Bertz CT molecular complexity index is 527. The molecule has 1 fully saturated rings. The van der Waals surface area contributed by atoms with Crippen LogP contribution >= 0.6 is 11.3 Å². The van der Waals surface area contributed by atoms with E-state index in [9.17, 15) is 8.42 Å². The monoisotopic (exact) mass is 317 g/mol. The van der Waals surface area contributed by atoms with Crippen molar-refractivity contribution < 1.29 is 8.42 Å². The van der Waals surface area contributed by atoms with Crippen LogP contribution in [0.4, 0.5) is 0 Å². The Morgan fingerprint density at radius 3 is 3.00 bits per heavy atom. The molecule has 0 bridgehead atoms. The number of hydrogen-bond donors (Lipinski definition) is 2. The maximum atomic E-state index is 12.3. The number of nitrogens with zero attached hydrogens (tertiary/aromatic N) is 1. The van der Waals surface area contributed by atoms with E-state index in [-0.39, 0.29) is 0 Å². The summed E-state index contributed by atoms with van der Waals surface area (Å²) in [6, 6.07) is 3.85. The van der Waals surface area contributed by atoms with E-state index in [4.69, 9.17) is 5.73 Å². The molecule has 1 aliphatic heterocycles. The molecular weight excluding hydrogens is 294 g/mol. The summed E-state index contributed by atoms with van der Waals surface area (Å²) in [6.45, 7) is 5.21. The minimum absolute atomic E-state index is 0.332. The predicted octanol–water partition coefficient (Wildman–Crippen LogP) is 1.01. The number of nitrogens with one attached hydrogen (secondary N) is 1. The van der Waals surface area contributed by atoms with Crippen LogP contribution in [0.5, 0.6) is 0 Å². The molecule has 0 radical (unpaired) electrons. The van der Waals surface area contributed by atoms with E-state index >= 15 is 0 Å². The smallest absolute Gasteiger partial charge is 0.250 e. The Morgan fingerprint density at radius 1 is 1.50 bits per heavy atom. The van der Waals surface area contributed by atoms with E-state index < -0.39 is 10.0 Å². The number of nitrogens with two attached hydrogens (primary N) is 1. The van der Waals surface area contributed by atoms with E-state index in [2.05, 4.69) is 16.5 Å². The van der Waals surface area contributed by atoms with Gasteiger partial charge in [0.1, 0.15) is 4.21 Å². The molecule has 0 saturated carbocycles. The molecule has 1 atom stereocenters. The molecule has 20 heavy (non-hydrogen) atoms. The van der Waals surface area contributed by atoms with Gasteiger partial charge in [-0.2, -0.15) is 0 Å². The lowest BCUT2D eigenvalue weighted by Crippen LogP contribution is -2.39. The Labute approximate surface area is 125 Å². The summed E-state index contributed by atoms with van der Waals surface area (Å²) < 4.78 is 27.6. The normalized spacial score (nSPS) is 20.6. The van der Waals surface area contributed by atoms with Crippen molar-refractivity contribution >= 4 is 21.4 Å². The summed E-state index contributed by atoms with van der Waals surface area (Å²) in [5, 5.41) is 0. The molecule has 1 aliphatic rings. The first-order valence-corrected chi connectivity index (χ1v) is 9.39. The molecule has 0 amide bonds. The predicted molar refractivity (Wildman–Crippen MR) is 82.5 cm³/mol. The van der Waals surface area contributed by atoms with Crippen molar-refractivity contribution in [3.63, 3.8) is 0 Å². The number of rotatable bonds is 7. The Kier molecular flexibility index (Phi) is 5.57. The van der Waals surface area contributed by atoms with Gasteiger partial charge in [0.25, 0.3) is 0 Å². The average molecular weight is 317 g/mol. The van der Waals surface area contributed by atoms with Gasteiger partial charge in [0.2, 0.25) is 10.0 Å². The molecule has 1 aromatic rings. The molecular formula is C13H23N3O2S2. The summed E-state index contributed by atoms with van der Waals surface area (Å²) in [6.07, 6.45) is 2.95. The lowest BCUT2D eigenvalue weighted by molar-refractivity contribution is 0.268. The zero-order valence-electron chi connectivity index (χ0n) is 11.8. The zero-order chi connectivity index (χ0) is 14.6. The molecule has 0 aromatic carbocycles. The highest BCUT2D eigenvalue weighted by Crippen LogP contribution is 2.22. The number of likely N-dealkylation sites (tertiary alicyclic amines) is 1. The molecule has 1 saturated heterocycles. The Morgan fingerprint density at radius 2 is 2.30 bits per heavy atom. The summed E-state index contributed by atoms with van der Waals surface area (Å²) >= 11 is 1.31. The van der Waals surface area contributed by atoms with Gasteiger partial charge in [0.15, 0.2) is 0 Å². The van der Waals surface area contributed by atoms with Gasteiger partial charge in [-0.25, -0.2) is 13.1 Å². The molecule has 2 heterocycles. The van der Waals surface area contributed by atoms with Crippen molar-refractivity contribution in [1.29, 1.82) is 0 Å². The number of sulfonamides is 1. The fourth-order valence-corrected chi connectivity index (χ4v) is 5.09. The van der Waals surface area contributed by atoms with Gasteiger partial charge < -0.3 is 5.73 Å². The lowest BCUT2D eigenvalue weighted by Gasteiger charge is -2.22. The van der Waals surface area contributed by atoms with Gasteiger partial charge in [0.05, 0.1) is 0 Å². The second kappa shape index (κ2) is 7.00. The third kappa shape index (κ3) is 3.79. The minimum atomic E-state index is -3.38. The van der Waals surface area contributed by atoms with Crippen LogP contribution in [0.3, 0.4) is 0 Å². The van der Waals surface area contributed by atoms with Crippen LogP contribution in [-0.4, -0.2) is 45.5 Å². The van der Waals surface area contributed by atoms with Gasteiger partial charge >= 0.3 is 0 Å². The third-order valence-corrected chi connectivity index (χ3v) is 6.77. The van der Waals surface area contributed by atoms with Crippen LogP contribution in [-0.2, 0) is 16.4 Å². The molecule has 3 N–H and O–H groups in total. The highest BCUT2D eigenvalue weighted by molar-refractivity contribution is 7.91. The number of likely N-dealkylation sites (N-methyl/N-ethyl adjacent to an activating group) is 1. The van der Waals surface area contributed by atoms with E-state index in [1.54, 1.807) is 6.07 Å². The first-order chi connectivity index (χ1) is 9.56. The van der Waals surface area contributed by atoms with Gasteiger partial charge in [-0.05, 0) is 51.0 Å². The standard InChI is InChI=1S/C13H23N3O2S2/c1-2-16-9-3-4-11(16)10-15-20(17,18)13-6-5-12(19-13)7-8-14/h5-6,11,15H,2-4,7-10,14H2,1H3. The second-order valence-electron chi connectivity index (χ2n) is 5.04. The topological polar surface area (TPSA) is 75.4 Å². The summed E-state index contributed by atoms with van der Waals surface area (Å²) in [4.78, 5) is 3.35. The fourth-order valence-electron chi connectivity index (χ4n) is 2.60. The zero-order valence-corrected chi connectivity index (χ0v) is 13.5. The first kappa shape index (κ1) is 15.9. The Balaban J connectivity index is 1.96. The molecule has 7 heteroatoms. The van der Waals surface area contributed by atoms with E-state index in [1.165, 1.54) is 11.3 Å². The van der Waals surface area contributed by atoms with Crippen LogP contribution < -0.4 is 10.5 Å². The fraction of sp³-hybridized carbons (Fsp3) is 0.692. The van der Waals surface area contributed by atoms with Crippen molar-refractivity contribution in [2.24, 2.45) is 5.73 Å². The van der Waals surface area contributed by atoms with Crippen LogP contribution in [0.2, 0.25) is 0 Å². The average Bonchev–Trinajstić information content (AvgIpc) is 3.05. The molecule has 2 rings (SSSR count).